The second-order valence-corrected chi connectivity index (χ2v) is 9.73. The van der Waals surface area contributed by atoms with Gasteiger partial charge in [0.1, 0.15) is 10.8 Å². The molecule has 4 aromatic rings. The van der Waals surface area contributed by atoms with E-state index in [0.717, 1.165) is 34.5 Å². The first kappa shape index (κ1) is 25.9. The molecule has 0 fully saturated rings. The Bertz CT molecular complexity index is 1420. The Labute approximate surface area is 218 Å². The van der Waals surface area contributed by atoms with Crippen LogP contribution in [0.2, 0.25) is 0 Å². The minimum Gasteiger partial charge on any atom is -0.310 e. The molecule has 0 radical (unpaired) electrons. The molecule has 2 amide bonds. The Hall–Kier alpha value is -4.18. The number of aromatic nitrogens is 4. The number of hydrogen-bond acceptors (Lipinski definition) is 7. The number of amides is 2. The summed E-state index contributed by atoms with van der Waals surface area (Å²) in [7, 11) is 0. The quantitative estimate of drug-likeness (QED) is 0.293. The molecule has 2 heterocycles. The molecule has 0 spiro atoms. The summed E-state index contributed by atoms with van der Waals surface area (Å²) < 4.78 is 1.52. The second kappa shape index (κ2) is 12.7. The lowest BCUT2D eigenvalue weighted by atomic mass is 10.1. The minimum atomic E-state index is -0.410. The van der Waals surface area contributed by atoms with Crippen molar-refractivity contribution >= 4 is 34.1 Å². The lowest BCUT2D eigenvalue weighted by Gasteiger charge is -2.08. The Morgan fingerprint density at radius 2 is 1.65 bits per heavy atom. The number of anilines is 2. The average Bonchev–Trinajstić information content (AvgIpc) is 3.30. The van der Waals surface area contributed by atoms with Crippen LogP contribution in [0.5, 0.6) is 0 Å². The van der Waals surface area contributed by atoms with Gasteiger partial charge in [-0.1, -0.05) is 71.5 Å². The molecule has 0 atom stereocenters. The highest BCUT2D eigenvalue weighted by molar-refractivity contribution is 7.15. The van der Waals surface area contributed by atoms with Crippen molar-refractivity contribution in [3.63, 3.8) is 0 Å². The highest BCUT2D eigenvalue weighted by Crippen LogP contribution is 2.18. The van der Waals surface area contributed by atoms with Crippen LogP contribution in [0, 0.1) is 6.92 Å². The van der Waals surface area contributed by atoms with Gasteiger partial charge in [0, 0.05) is 19.2 Å². The normalized spacial score (nSPS) is 10.7. The summed E-state index contributed by atoms with van der Waals surface area (Å²) in [4.78, 5) is 40.8. The van der Waals surface area contributed by atoms with E-state index in [1.54, 1.807) is 12.3 Å². The first-order valence-corrected chi connectivity index (χ1v) is 12.9. The number of aryl methyl sites for hydroxylation is 3. The zero-order valence-electron chi connectivity index (χ0n) is 20.5. The van der Waals surface area contributed by atoms with Gasteiger partial charge in [-0.15, -0.1) is 10.2 Å². The molecular formula is C27H28N6O3S. The molecule has 2 aromatic heterocycles. The monoisotopic (exact) mass is 516 g/mol. The fraction of sp³-hybridized carbons (Fsp3) is 0.259. The zero-order valence-corrected chi connectivity index (χ0v) is 21.3. The Morgan fingerprint density at radius 3 is 2.43 bits per heavy atom. The maximum atomic E-state index is 12.4. The molecule has 4 rings (SSSR count). The third kappa shape index (κ3) is 8.18. The van der Waals surface area contributed by atoms with Gasteiger partial charge < -0.3 is 10.6 Å². The number of hydrogen-bond donors (Lipinski definition) is 2. The van der Waals surface area contributed by atoms with Gasteiger partial charge in [0.25, 0.3) is 0 Å². The van der Waals surface area contributed by atoms with Crippen molar-refractivity contribution in [2.45, 2.75) is 45.6 Å². The first-order chi connectivity index (χ1) is 17.9. The van der Waals surface area contributed by atoms with E-state index in [4.69, 9.17) is 0 Å². The third-order valence-corrected chi connectivity index (χ3v) is 6.45. The predicted molar refractivity (Wildman–Crippen MR) is 144 cm³/mol. The lowest BCUT2D eigenvalue weighted by Crippen LogP contribution is -2.25. The fourth-order valence-electron chi connectivity index (χ4n) is 3.77. The molecule has 0 saturated carbocycles. The number of rotatable bonds is 11. The van der Waals surface area contributed by atoms with Crippen LogP contribution in [0.4, 0.5) is 10.9 Å². The number of unbranched alkanes of at least 4 members (excludes halogenated alkanes) is 1. The summed E-state index contributed by atoms with van der Waals surface area (Å²) in [5, 5.41) is 15.0. The topological polar surface area (TPSA) is 119 Å². The molecule has 0 aliphatic heterocycles. The molecule has 0 unspecified atom stereocenters. The van der Waals surface area contributed by atoms with E-state index in [9.17, 15) is 14.4 Å². The van der Waals surface area contributed by atoms with Gasteiger partial charge in [-0.25, -0.2) is 4.79 Å². The Morgan fingerprint density at radius 1 is 0.892 bits per heavy atom. The molecule has 0 saturated heterocycles. The molecule has 37 heavy (non-hydrogen) atoms. The smallest absolute Gasteiger partial charge is 0.310 e. The molecule has 0 aliphatic carbocycles. The first-order valence-electron chi connectivity index (χ1n) is 12.0. The van der Waals surface area contributed by atoms with Crippen molar-refractivity contribution in [2.24, 2.45) is 0 Å². The highest BCUT2D eigenvalue weighted by atomic mass is 32.1. The number of carbonyl (C=O) groups excluding carboxylic acids is 2. The van der Waals surface area contributed by atoms with E-state index >= 15 is 0 Å². The van der Waals surface area contributed by atoms with E-state index in [0.29, 0.717) is 18.1 Å². The molecule has 2 aromatic carbocycles. The van der Waals surface area contributed by atoms with Crippen molar-refractivity contribution in [1.82, 2.24) is 19.7 Å². The van der Waals surface area contributed by atoms with Crippen LogP contribution in [-0.4, -0.2) is 31.6 Å². The SMILES string of the molecule is Cc1cccc(CC(=O)Nc2ccn(CCCCc3nnc(NC(=O)Cc4ccccc4)s3)c(=O)n2)c1. The summed E-state index contributed by atoms with van der Waals surface area (Å²) in [5.74, 6) is -0.104. The van der Waals surface area contributed by atoms with Gasteiger partial charge >= 0.3 is 5.69 Å². The fourth-order valence-corrected chi connectivity index (χ4v) is 4.57. The van der Waals surface area contributed by atoms with Gasteiger partial charge in [-0.2, -0.15) is 4.98 Å². The van der Waals surface area contributed by atoms with E-state index in [2.05, 4.69) is 25.8 Å². The Balaban J connectivity index is 1.19. The predicted octanol–water partition coefficient (Wildman–Crippen LogP) is 3.79. The highest BCUT2D eigenvalue weighted by Gasteiger charge is 2.10. The van der Waals surface area contributed by atoms with Crippen LogP contribution in [0.25, 0.3) is 0 Å². The minimum absolute atomic E-state index is 0.129. The number of nitrogens with zero attached hydrogens (tertiary/aromatic N) is 4. The van der Waals surface area contributed by atoms with Crippen molar-refractivity contribution in [3.05, 3.63) is 99.0 Å². The van der Waals surface area contributed by atoms with Crippen molar-refractivity contribution in [3.8, 4) is 0 Å². The maximum Gasteiger partial charge on any atom is 0.349 e. The molecule has 0 aliphatic rings. The standard InChI is InChI=1S/C27H28N6O3S/c1-19-8-7-11-21(16-19)18-23(34)28-22-13-15-33(27(36)29-22)14-6-5-12-25-31-32-26(37-25)30-24(35)17-20-9-3-2-4-10-20/h2-4,7-11,13,15-16H,5-6,12,14,17-18H2,1H3,(H,30,32,35)(H,28,29,34,36). The Kier molecular flexibility index (Phi) is 8.88. The van der Waals surface area contributed by atoms with Crippen molar-refractivity contribution < 1.29 is 9.59 Å². The van der Waals surface area contributed by atoms with Gasteiger partial charge in [0.2, 0.25) is 16.9 Å². The molecule has 10 heteroatoms. The molecule has 9 nitrogen and oxygen atoms in total. The molecular weight excluding hydrogens is 488 g/mol. The van der Waals surface area contributed by atoms with Crippen LogP contribution in [0.15, 0.2) is 71.7 Å². The van der Waals surface area contributed by atoms with E-state index < -0.39 is 5.69 Å². The van der Waals surface area contributed by atoms with E-state index in [-0.39, 0.29) is 30.5 Å². The maximum absolute atomic E-state index is 12.4. The molecule has 190 valence electrons. The lowest BCUT2D eigenvalue weighted by molar-refractivity contribution is -0.116. The summed E-state index contributed by atoms with van der Waals surface area (Å²) in [6, 6.07) is 18.9. The van der Waals surface area contributed by atoms with Crippen LogP contribution >= 0.6 is 11.3 Å². The van der Waals surface area contributed by atoms with E-state index in [1.807, 2.05) is 61.5 Å². The number of nitrogens with one attached hydrogen (secondary N) is 2. The zero-order chi connectivity index (χ0) is 26.0. The van der Waals surface area contributed by atoms with Crippen LogP contribution < -0.4 is 16.3 Å². The van der Waals surface area contributed by atoms with E-state index in [1.165, 1.54) is 15.9 Å². The summed E-state index contributed by atoms with van der Waals surface area (Å²) >= 11 is 1.35. The van der Waals surface area contributed by atoms with Crippen molar-refractivity contribution in [2.75, 3.05) is 10.6 Å². The number of carbonyl (C=O) groups is 2. The van der Waals surface area contributed by atoms with Crippen molar-refractivity contribution in [1.29, 1.82) is 0 Å². The van der Waals surface area contributed by atoms with Gasteiger partial charge in [-0.05, 0) is 37.0 Å². The van der Waals surface area contributed by atoms with Gasteiger partial charge in [0.15, 0.2) is 0 Å². The summed E-state index contributed by atoms with van der Waals surface area (Å²) in [5.41, 5.74) is 2.52. The van der Waals surface area contributed by atoms with Crippen LogP contribution in [-0.2, 0) is 35.4 Å². The third-order valence-electron chi connectivity index (χ3n) is 5.55. The van der Waals surface area contributed by atoms with Gasteiger partial charge in [-0.3, -0.25) is 14.2 Å². The summed E-state index contributed by atoms with van der Waals surface area (Å²) in [6.45, 7) is 2.48. The van der Waals surface area contributed by atoms with Gasteiger partial charge in [0.05, 0.1) is 12.8 Å². The largest absolute Gasteiger partial charge is 0.349 e. The molecule has 2 N–H and O–H groups in total. The average molecular weight is 517 g/mol. The van der Waals surface area contributed by atoms with Crippen LogP contribution in [0.1, 0.15) is 34.5 Å². The van der Waals surface area contributed by atoms with Crippen LogP contribution in [0.3, 0.4) is 0 Å². The molecule has 0 bridgehead atoms. The number of benzene rings is 2. The second-order valence-electron chi connectivity index (χ2n) is 8.67. The summed E-state index contributed by atoms with van der Waals surface area (Å²) in [6.07, 6.45) is 4.39.